The van der Waals surface area contributed by atoms with E-state index in [0.717, 1.165) is 27.9 Å². The van der Waals surface area contributed by atoms with Crippen molar-refractivity contribution < 1.29 is 9.47 Å². The van der Waals surface area contributed by atoms with E-state index < -0.39 is 0 Å². The van der Waals surface area contributed by atoms with Crippen LogP contribution in [0.15, 0.2) is 36.4 Å². The summed E-state index contributed by atoms with van der Waals surface area (Å²) in [4.78, 5) is 7.72. The summed E-state index contributed by atoms with van der Waals surface area (Å²) >= 11 is 0. The second-order valence-electron chi connectivity index (χ2n) is 5.68. The number of hydrogen-bond acceptors (Lipinski definition) is 4. The largest absolute Gasteiger partial charge is 0.486 e. The molecule has 0 aliphatic carbocycles. The molecule has 0 saturated carbocycles. The number of allylic oxidation sites excluding steroid dienone is 1. The van der Waals surface area contributed by atoms with Gasteiger partial charge in [-0.25, -0.2) is 4.98 Å². The van der Waals surface area contributed by atoms with Gasteiger partial charge in [0.1, 0.15) is 25.1 Å². The summed E-state index contributed by atoms with van der Waals surface area (Å²) in [5.41, 5.74) is 4.26. The zero-order chi connectivity index (χ0) is 16.5. The molecule has 24 heavy (non-hydrogen) atoms. The summed E-state index contributed by atoms with van der Waals surface area (Å²) in [7, 11) is 0. The Morgan fingerprint density at radius 1 is 1.17 bits per heavy atom. The van der Waals surface area contributed by atoms with Gasteiger partial charge < -0.3 is 14.5 Å². The van der Waals surface area contributed by atoms with E-state index in [0.29, 0.717) is 30.4 Å². The predicted octanol–water partition coefficient (Wildman–Crippen LogP) is 3.71. The van der Waals surface area contributed by atoms with E-state index in [9.17, 15) is 5.26 Å². The lowest BCUT2D eigenvalue weighted by molar-refractivity contribution is 0.171. The number of imidazole rings is 1. The number of aryl methyl sites for hydroxylation is 1. The number of aromatic amines is 1. The number of benzene rings is 2. The molecule has 0 saturated heterocycles. The summed E-state index contributed by atoms with van der Waals surface area (Å²) in [5, 5.41) is 9.52. The summed E-state index contributed by atoms with van der Waals surface area (Å²) in [6.07, 6.45) is 1.79. The fourth-order valence-corrected chi connectivity index (χ4v) is 2.72. The Bertz CT molecular complexity index is 996. The monoisotopic (exact) mass is 317 g/mol. The van der Waals surface area contributed by atoms with Gasteiger partial charge in [-0.2, -0.15) is 5.26 Å². The molecule has 0 radical (unpaired) electrons. The van der Waals surface area contributed by atoms with Crippen LogP contribution in [0, 0.1) is 18.3 Å². The quantitative estimate of drug-likeness (QED) is 0.731. The molecule has 0 atom stereocenters. The number of fused-ring (bicyclic) bond motifs is 2. The number of aromatic nitrogens is 2. The van der Waals surface area contributed by atoms with Crippen LogP contribution in [0.2, 0.25) is 0 Å². The van der Waals surface area contributed by atoms with Crippen molar-refractivity contribution in [2.75, 3.05) is 13.2 Å². The summed E-state index contributed by atoms with van der Waals surface area (Å²) in [6.45, 7) is 3.12. The summed E-state index contributed by atoms with van der Waals surface area (Å²) < 4.78 is 11.1. The average Bonchev–Trinajstić information content (AvgIpc) is 3.02. The number of hydrogen-bond donors (Lipinski definition) is 1. The van der Waals surface area contributed by atoms with E-state index in [4.69, 9.17) is 9.47 Å². The maximum absolute atomic E-state index is 9.52. The Labute approximate surface area is 139 Å². The molecule has 2 heterocycles. The Balaban J connectivity index is 1.74. The molecule has 0 amide bonds. The first kappa shape index (κ1) is 14.3. The molecule has 2 aromatic carbocycles. The maximum atomic E-state index is 9.52. The van der Waals surface area contributed by atoms with E-state index in [1.165, 1.54) is 0 Å². The number of ether oxygens (including phenoxy) is 2. The molecule has 1 aliphatic heterocycles. The molecular formula is C19H15N3O2. The Kier molecular flexibility index (Phi) is 3.43. The van der Waals surface area contributed by atoms with Crippen LogP contribution >= 0.6 is 0 Å². The molecular weight excluding hydrogens is 302 g/mol. The third-order valence-corrected chi connectivity index (χ3v) is 3.89. The second kappa shape index (κ2) is 5.74. The van der Waals surface area contributed by atoms with Crippen LogP contribution in [-0.4, -0.2) is 23.2 Å². The molecule has 5 heteroatoms. The lowest BCUT2D eigenvalue weighted by atomic mass is 10.1. The Hall–Kier alpha value is -3.26. The van der Waals surface area contributed by atoms with Gasteiger partial charge in [0.2, 0.25) is 0 Å². The van der Waals surface area contributed by atoms with Crippen molar-refractivity contribution in [1.29, 1.82) is 5.26 Å². The molecule has 0 spiro atoms. The smallest absolute Gasteiger partial charge is 0.161 e. The van der Waals surface area contributed by atoms with Gasteiger partial charge in [0.25, 0.3) is 0 Å². The van der Waals surface area contributed by atoms with Crippen LogP contribution in [0.5, 0.6) is 11.5 Å². The van der Waals surface area contributed by atoms with Crippen LogP contribution in [0.25, 0.3) is 22.7 Å². The highest BCUT2D eigenvalue weighted by Crippen LogP contribution is 2.32. The molecule has 0 fully saturated rings. The van der Waals surface area contributed by atoms with Gasteiger partial charge >= 0.3 is 0 Å². The normalized spacial score (nSPS) is 13.8. The van der Waals surface area contributed by atoms with E-state index in [-0.39, 0.29) is 0 Å². The van der Waals surface area contributed by atoms with Crippen molar-refractivity contribution in [3.63, 3.8) is 0 Å². The molecule has 0 bridgehead atoms. The van der Waals surface area contributed by atoms with Gasteiger partial charge in [0, 0.05) is 0 Å². The Morgan fingerprint density at radius 3 is 2.83 bits per heavy atom. The minimum atomic E-state index is 0.473. The topological polar surface area (TPSA) is 70.9 Å². The van der Waals surface area contributed by atoms with Crippen molar-refractivity contribution in [2.24, 2.45) is 0 Å². The van der Waals surface area contributed by atoms with Crippen LogP contribution in [0.1, 0.15) is 17.0 Å². The molecule has 118 valence electrons. The van der Waals surface area contributed by atoms with E-state index >= 15 is 0 Å². The first-order chi connectivity index (χ1) is 11.7. The molecule has 1 aliphatic rings. The number of nitriles is 1. The molecule has 3 aromatic rings. The van der Waals surface area contributed by atoms with Gasteiger partial charge in [-0.15, -0.1) is 0 Å². The fraction of sp³-hybridized carbons (Fsp3) is 0.158. The van der Waals surface area contributed by atoms with Crippen molar-refractivity contribution in [3.05, 3.63) is 53.3 Å². The highest BCUT2D eigenvalue weighted by Gasteiger charge is 2.12. The third kappa shape index (κ3) is 2.59. The van der Waals surface area contributed by atoms with Crippen molar-refractivity contribution in [3.8, 4) is 17.6 Å². The first-order valence-electron chi connectivity index (χ1n) is 7.71. The van der Waals surface area contributed by atoms with Crippen molar-refractivity contribution >= 4 is 22.7 Å². The van der Waals surface area contributed by atoms with Gasteiger partial charge in [0.05, 0.1) is 16.6 Å². The van der Waals surface area contributed by atoms with E-state index in [1.54, 1.807) is 6.08 Å². The highest BCUT2D eigenvalue weighted by atomic mass is 16.6. The fourth-order valence-electron chi connectivity index (χ4n) is 2.72. The first-order valence-corrected chi connectivity index (χ1v) is 7.71. The third-order valence-electron chi connectivity index (χ3n) is 3.89. The zero-order valence-electron chi connectivity index (χ0n) is 13.2. The number of rotatable bonds is 2. The molecule has 4 rings (SSSR count). The molecule has 0 unspecified atom stereocenters. The number of H-pyrrole nitrogens is 1. The molecule has 1 N–H and O–H groups in total. The summed E-state index contributed by atoms with van der Waals surface area (Å²) in [5.74, 6) is 2.00. The predicted molar refractivity (Wildman–Crippen MR) is 91.7 cm³/mol. The van der Waals surface area contributed by atoms with Gasteiger partial charge in [-0.1, -0.05) is 12.1 Å². The second-order valence-corrected chi connectivity index (χ2v) is 5.68. The van der Waals surface area contributed by atoms with Gasteiger partial charge in [0.15, 0.2) is 11.5 Å². The minimum absolute atomic E-state index is 0.473. The molecule has 1 aromatic heterocycles. The van der Waals surface area contributed by atoms with E-state index in [2.05, 4.69) is 16.0 Å². The average molecular weight is 317 g/mol. The van der Waals surface area contributed by atoms with Crippen molar-refractivity contribution in [2.45, 2.75) is 6.92 Å². The number of nitrogens with one attached hydrogen (secondary N) is 1. The maximum Gasteiger partial charge on any atom is 0.161 e. The zero-order valence-corrected chi connectivity index (χ0v) is 13.2. The summed E-state index contributed by atoms with van der Waals surface area (Å²) in [6, 6.07) is 13.8. The standard InChI is InChI=1S/C19H15N3O2/c1-12-2-4-15-16(8-12)22-19(21-15)14(11-20)9-13-3-5-17-18(10-13)24-7-6-23-17/h2-5,8-10H,6-7H2,1H3,(H,21,22)/b14-9-. The van der Waals surface area contributed by atoms with Crippen LogP contribution in [-0.2, 0) is 0 Å². The SMILES string of the molecule is Cc1ccc2nc(/C(C#N)=C\c3ccc4c(c3)OCCO4)[nH]c2c1. The van der Waals surface area contributed by atoms with Crippen LogP contribution in [0.4, 0.5) is 0 Å². The lowest BCUT2D eigenvalue weighted by Crippen LogP contribution is -2.15. The van der Waals surface area contributed by atoms with Gasteiger partial charge in [-0.3, -0.25) is 0 Å². The number of nitrogens with zero attached hydrogens (tertiary/aromatic N) is 2. The van der Waals surface area contributed by atoms with Gasteiger partial charge in [-0.05, 0) is 48.4 Å². The highest BCUT2D eigenvalue weighted by molar-refractivity contribution is 5.90. The van der Waals surface area contributed by atoms with Crippen LogP contribution in [0.3, 0.4) is 0 Å². The Morgan fingerprint density at radius 2 is 2.00 bits per heavy atom. The van der Waals surface area contributed by atoms with Crippen LogP contribution < -0.4 is 9.47 Å². The lowest BCUT2D eigenvalue weighted by Gasteiger charge is -2.18. The van der Waals surface area contributed by atoms with E-state index in [1.807, 2.05) is 43.3 Å². The minimum Gasteiger partial charge on any atom is -0.486 e. The van der Waals surface area contributed by atoms with Crippen molar-refractivity contribution in [1.82, 2.24) is 9.97 Å². The molecule has 5 nitrogen and oxygen atoms in total.